The van der Waals surface area contributed by atoms with E-state index >= 15 is 0 Å². The van der Waals surface area contributed by atoms with E-state index in [-0.39, 0.29) is 16.2 Å². The number of halogens is 3. The summed E-state index contributed by atoms with van der Waals surface area (Å²) in [6.45, 7) is 0.568. The molecule has 1 atom stereocenters. The molecule has 20 heavy (non-hydrogen) atoms. The van der Waals surface area contributed by atoms with E-state index in [2.05, 4.69) is 21.2 Å². The third kappa shape index (κ3) is 2.50. The third-order valence-corrected chi connectivity index (χ3v) is 3.91. The van der Waals surface area contributed by atoms with E-state index < -0.39 is 11.6 Å². The maximum Gasteiger partial charge on any atom is 0.149 e. The summed E-state index contributed by atoms with van der Waals surface area (Å²) in [5.41, 5.74) is 1.26. The topological polar surface area (TPSA) is 21.3 Å². The molecule has 2 aromatic carbocycles. The summed E-state index contributed by atoms with van der Waals surface area (Å²) in [7, 11) is 0. The zero-order chi connectivity index (χ0) is 14.1. The molecule has 0 spiro atoms. The monoisotopic (exact) mass is 339 g/mol. The summed E-state index contributed by atoms with van der Waals surface area (Å²) < 4.78 is 32.8. The molecule has 0 radical (unpaired) electrons. The number of anilines is 1. The van der Waals surface area contributed by atoms with Crippen molar-refractivity contribution >= 4 is 21.6 Å². The van der Waals surface area contributed by atoms with Gasteiger partial charge in [0.25, 0.3) is 0 Å². The Labute approximate surface area is 123 Å². The summed E-state index contributed by atoms with van der Waals surface area (Å²) in [6.07, 6.45) is 0.728. The lowest BCUT2D eigenvalue weighted by atomic mass is 10.0. The highest BCUT2D eigenvalue weighted by Gasteiger charge is 2.22. The molecule has 1 N–H and O–H groups in total. The van der Waals surface area contributed by atoms with Crippen LogP contribution >= 0.6 is 15.9 Å². The average molecular weight is 340 g/mol. The fourth-order valence-electron chi connectivity index (χ4n) is 2.31. The zero-order valence-corrected chi connectivity index (χ0v) is 12.1. The van der Waals surface area contributed by atoms with Crippen molar-refractivity contribution in [3.63, 3.8) is 0 Å². The number of benzene rings is 2. The quantitative estimate of drug-likeness (QED) is 0.803. The van der Waals surface area contributed by atoms with Crippen LogP contribution < -0.4 is 10.1 Å². The number of ether oxygens (including phenoxy) is 1. The van der Waals surface area contributed by atoms with Crippen LogP contribution in [0.1, 0.15) is 18.0 Å². The molecular formula is C15H12BrF2NO. The molecule has 0 amide bonds. The first-order valence-corrected chi connectivity index (χ1v) is 7.07. The lowest BCUT2D eigenvalue weighted by molar-refractivity contribution is 0.274. The van der Waals surface area contributed by atoms with Gasteiger partial charge in [-0.05, 0) is 28.1 Å². The van der Waals surface area contributed by atoms with Crippen molar-refractivity contribution in [3.8, 4) is 5.75 Å². The van der Waals surface area contributed by atoms with Gasteiger partial charge in [0.15, 0.2) is 0 Å². The van der Waals surface area contributed by atoms with Gasteiger partial charge >= 0.3 is 0 Å². The van der Waals surface area contributed by atoms with Gasteiger partial charge in [0.2, 0.25) is 0 Å². The summed E-state index contributed by atoms with van der Waals surface area (Å²) in [5.74, 6) is -0.409. The van der Waals surface area contributed by atoms with Gasteiger partial charge in [-0.3, -0.25) is 0 Å². The first kappa shape index (κ1) is 13.4. The Balaban J connectivity index is 1.91. The summed E-state index contributed by atoms with van der Waals surface area (Å²) in [6, 6.07) is 9.89. The van der Waals surface area contributed by atoms with Gasteiger partial charge in [-0.15, -0.1) is 0 Å². The predicted molar refractivity (Wildman–Crippen MR) is 77.0 cm³/mol. The molecule has 1 heterocycles. The minimum absolute atomic E-state index is 0.0492. The molecule has 5 heteroatoms. The Morgan fingerprint density at radius 2 is 1.95 bits per heavy atom. The molecule has 0 saturated heterocycles. The summed E-state index contributed by atoms with van der Waals surface area (Å²) in [4.78, 5) is 0. The highest BCUT2D eigenvalue weighted by molar-refractivity contribution is 9.10. The van der Waals surface area contributed by atoms with Crippen LogP contribution in [0, 0.1) is 11.6 Å². The zero-order valence-electron chi connectivity index (χ0n) is 10.5. The van der Waals surface area contributed by atoms with Gasteiger partial charge in [0.05, 0.1) is 22.8 Å². The Morgan fingerprint density at radius 3 is 2.80 bits per heavy atom. The molecule has 0 aliphatic carbocycles. The van der Waals surface area contributed by atoms with Crippen molar-refractivity contribution in [2.24, 2.45) is 0 Å². The molecule has 2 aromatic rings. The van der Waals surface area contributed by atoms with E-state index in [1.54, 1.807) is 0 Å². The number of hydrogen-bond acceptors (Lipinski definition) is 2. The van der Waals surface area contributed by atoms with Crippen molar-refractivity contribution in [3.05, 3.63) is 58.1 Å². The molecule has 1 aliphatic heterocycles. The van der Waals surface area contributed by atoms with Crippen molar-refractivity contribution in [1.29, 1.82) is 0 Å². The van der Waals surface area contributed by atoms with E-state index in [1.165, 1.54) is 6.07 Å². The second-order valence-corrected chi connectivity index (χ2v) is 5.47. The first-order chi connectivity index (χ1) is 9.65. The average Bonchev–Trinajstić information content (AvgIpc) is 2.45. The molecule has 0 fully saturated rings. The van der Waals surface area contributed by atoms with Gasteiger partial charge in [0, 0.05) is 18.1 Å². The van der Waals surface area contributed by atoms with Crippen LogP contribution in [0.15, 0.2) is 40.9 Å². The number of rotatable bonds is 2. The minimum atomic E-state index is -0.611. The molecule has 3 rings (SSSR count). The second kappa shape index (κ2) is 5.40. The maximum absolute atomic E-state index is 13.8. The van der Waals surface area contributed by atoms with Crippen molar-refractivity contribution in [1.82, 2.24) is 0 Å². The van der Waals surface area contributed by atoms with E-state index in [0.29, 0.717) is 6.61 Å². The predicted octanol–water partition coefficient (Wildman–Crippen LogP) is 4.66. The summed E-state index contributed by atoms with van der Waals surface area (Å²) in [5, 5.41) is 3.12. The number of hydrogen-bond donors (Lipinski definition) is 1. The SMILES string of the molecule is Fc1cc(F)c(NC2CCOc3ccccc32)cc1Br. The molecular weight excluding hydrogens is 328 g/mol. The van der Waals surface area contributed by atoms with Crippen molar-refractivity contribution < 1.29 is 13.5 Å². The Kier molecular flexibility index (Phi) is 3.61. The molecule has 0 bridgehead atoms. The molecule has 104 valence electrons. The Bertz CT molecular complexity index is 648. The van der Waals surface area contributed by atoms with E-state index in [1.807, 2.05) is 24.3 Å². The van der Waals surface area contributed by atoms with Crippen LogP contribution in [0.4, 0.5) is 14.5 Å². The van der Waals surface area contributed by atoms with Crippen molar-refractivity contribution in [2.75, 3.05) is 11.9 Å². The molecule has 0 aromatic heterocycles. The van der Waals surface area contributed by atoms with Crippen LogP contribution in [0.5, 0.6) is 5.75 Å². The number of para-hydroxylation sites is 1. The Hall–Kier alpha value is -1.62. The molecule has 0 saturated carbocycles. The van der Waals surface area contributed by atoms with Crippen LogP contribution in [0.3, 0.4) is 0 Å². The van der Waals surface area contributed by atoms with Crippen LogP contribution in [-0.2, 0) is 0 Å². The standard InChI is InChI=1S/C15H12BrF2NO/c16-10-7-14(12(18)8-11(10)17)19-13-5-6-20-15-4-2-1-3-9(13)15/h1-4,7-8,13,19H,5-6H2. The molecule has 1 unspecified atom stereocenters. The van der Waals surface area contributed by atoms with Gasteiger partial charge in [-0.25, -0.2) is 8.78 Å². The van der Waals surface area contributed by atoms with Gasteiger partial charge < -0.3 is 10.1 Å². The largest absolute Gasteiger partial charge is 0.493 e. The van der Waals surface area contributed by atoms with Gasteiger partial charge in [0.1, 0.15) is 17.4 Å². The maximum atomic E-state index is 13.8. The Morgan fingerprint density at radius 1 is 1.15 bits per heavy atom. The lowest BCUT2D eigenvalue weighted by Gasteiger charge is -2.27. The van der Waals surface area contributed by atoms with E-state index in [9.17, 15) is 8.78 Å². The first-order valence-electron chi connectivity index (χ1n) is 6.28. The minimum Gasteiger partial charge on any atom is -0.493 e. The van der Waals surface area contributed by atoms with Crippen LogP contribution in [0.2, 0.25) is 0 Å². The third-order valence-electron chi connectivity index (χ3n) is 3.30. The second-order valence-electron chi connectivity index (χ2n) is 4.62. The normalized spacial score (nSPS) is 17.2. The highest BCUT2D eigenvalue weighted by Crippen LogP contribution is 2.35. The summed E-state index contributed by atoms with van der Waals surface area (Å²) >= 11 is 3.07. The highest BCUT2D eigenvalue weighted by atomic mass is 79.9. The number of nitrogens with one attached hydrogen (secondary N) is 1. The molecule has 2 nitrogen and oxygen atoms in total. The van der Waals surface area contributed by atoms with Crippen molar-refractivity contribution in [2.45, 2.75) is 12.5 Å². The fraction of sp³-hybridized carbons (Fsp3) is 0.200. The lowest BCUT2D eigenvalue weighted by Crippen LogP contribution is -2.20. The van der Waals surface area contributed by atoms with Gasteiger partial charge in [-0.1, -0.05) is 18.2 Å². The smallest absolute Gasteiger partial charge is 0.149 e. The van der Waals surface area contributed by atoms with Crippen LogP contribution in [0.25, 0.3) is 0 Å². The van der Waals surface area contributed by atoms with Gasteiger partial charge in [-0.2, -0.15) is 0 Å². The van der Waals surface area contributed by atoms with E-state index in [4.69, 9.17) is 4.74 Å². The van der Waals surface area contributed by atoms with E-state index in [0.717, 1.165) is 23.8 Å². The molecule has 1 aliphatic rings. The van der Waals surface area contributed by atoms with Crippen LogP contribution in [-0.4, -0.2) is 6.61 Å². The number of fused-ring (bicyclic) bond motifs is 1. The fourth-order valence-corrected chi connectivity index (χ4v) is 2.66.